The predicted octanol–water partition coefficient (Wildman–Crippen LogP) is 3.07. The molecule has 1 heterocycles. The molecule has 2 amide bonds. The number of halogens is 1. The fourth-order valence-electron chi connectivity index (χ4n) is 3.75. The van der Waals surface area contributed by atoms with Gasteiger partial charge in [-0.05, 0) is 72.1 Å². The molecule has 3 rings (SSSR count). The number of methoxy groups -OCH3 is 1. The van der Waals surface area contributed by atoms with E-state index in [1.807, 2.05) is 0 Å². The molecule has 2 aromatic carbocycles. The summed E-state index contributed by atoms with van der Waals surface area (Å²) >= 11 is 3.27. The van der Waals surface area contributed by atoms with E-state index in [2.05, 4.69) is 37.1 Å². The molecule has 0 aromatic heterocycles. The van der Waals surface area contributed by atoms with Gasteiger partial charge in [0.1, 0.15) is 6.61 Å². The zero-order chi connectivity index (χ0) is 28.5. The second-order valence-corrected chi connectivity index (χ2v) is 9.05. The number of rotatable bonds is 12. The molecular formula is C26H31BrN4O8. The molecule has 0 unspecified atom stereocenters. The monoisotopic (exact) mass is 606 g/mol. The highest BCUT2D eigenvalue weighted by Gasteiger charge is 2.32. The minimum Gasteiger partial charge on any atom is -0.503 e. The molecule has 0 saturated heterocycles. The Balaban J connectivity index is 1.70. The summed E-state index contributed by atoms with van der Waals surface area (Å²) in [5.74, 6) is 0.415. The van der Waals surface area contributed by atoms with Crippen LogP contribution in [-0.4, -0.2) is 61.6 Å². The Morgan fingerprint density at radius 2 is 1.87 bits per heavy atom. The van der Waals surface area contributed by atoms with Gasteiger partial charge in [0.2, 0.25) is 0 Å². The van der Waals surface area contributed by atoms with E-state index in [0.717, 1.165) is 0 Å². The van der Waals surface area contributed by atoms with Crippen LogP contribution in [0.15, 0.2) is 51.2 Å². The van der Waals surface area contributed by atoms with Gasteiger partial charge in [-0.3, -0.25) is 5.43 Å². The number of urea groups is 1. The van der Waals surface area contributed by atoms with E-state index in [4.69, 9.17) is 18.9 Å². The van der Waals surface area contributed by atoms with Gasteiger partial charge in [0.05, 0.1) is 42.6 Å². The number of nitrogens with zero attached hydrogens (tertiary/aromatic N) is 1. The van der Waals surface area contributed by atoms with Crippen molar-refractivity contribution in [3.8, 4) is 23.0 Å². The van der Waals surface area contributed by atoms with E-state index in [1.54, 1.807) is 51.1 Å². The Morgan fingerprint density at radius 3 is 2.56 bits per heavy atom. The maximum absolute atomic E-state index is 12.4. The van der Waals surface area contributed by atoms with Gasteiger partial charge in [-0.1, -0.05) is 6.07 Å². The van der Waals surface area contributed by atoms with Crippen LogP contribution in [0.4, 0.5) is 4.79 Å². The van der Waals surface area contributed by atoms with Gasteiger partial charge in [-0.25, -0.2) is 9.59 Å². The Hall–Kier alpha value is -3.97. The molecule has 1 aliphatic rings. The molecule has 1 aliphatic heterocycles. The molecule has 0 bridgehead atoms. The van der Waals surface area contributed by atoms with Crippen LogP contribution in [-0.2, 0) is 9.53 Å². The number of aromatic hydroxyl groups is 1. The average Bonchev–Trinajstić information content (AvgIpc) is 2.90. The first kappa shape index (κ1) is 29.6. The maximum Gasteiger partial charge on any atom is 0.337 e. The number of hydrogen-bond acceptors (Lipinski definition) is 10. The number of hydrazone groups is 1. The van der Waals surface area contributed by atoms with Crippen molar-refractivity contribution in [1.82, 2.24) is 16.1 Å². The van der Waals surface area contributed by atoms with Crippen LogP contribution in [0, 0.1) is 0 Å². The van der Waals surface area contributed by atoms with Crippen LogP contribution in [0.25, 0.3) is 0 Å². The number of ether oxygens (including phenoxy) is 4. The molecular weight excluding hydrogens is 576 g/mol. The van der Waals surface area contributed by atoms with Crippen molar-refractivity contribution in [2.75, 3.05) is 26.9 Å². The molecule has 5 N–H and O–H groups in total. The van der Waals surface area contributed by atoms with Gasteiger partial charge in [0.25, 0.3) is 0 Å². The van der Waals surface area contributed by atoms with Crippen LogP contribution in [0.5, 0.6) is 23.0 Å². The minimum absolute atomic E-state index is 0.0123. The number of amides is 2. The molecule has 2 aromatic rings. The summed E-state index contributed by atoms with van der Waals surface area (Å²) in [7, 11) is 1.27. The van der Waals surface area contributed by atoms with Crippen LogP contribution in [0.1, 0.15) is 37.9 Å². The normalized spacial score (nSPS) is 15.8. The number of aliphatic hydroxyl groups is 1. The van der Waals surface area contributed by atoms with Crippen molar-refractivity contribution < 1.29 is 38.7 Å². The van der Waals surface area contributed by atoms with E-state index in [1.165, 1.54) is 13.3 Å². The minimum atomic E-state index is -1.16. The Kier molecular flexibility index (Phi) is 10.4. The molecule has 13 heteroatoms. The molecule has 210 valence electrons. The van der Waals surface area contributed by atoms with Crippen molar-refractivity contribution in [3.63, 3.8) is 0 Å². The fourth-order valence-corrected chi connectivity index (χ4v) is 4.21. The second kappa shape index (κ2) is 13.7. The number of phenols is 1. The van der Waals surface area contributed by atoms with Crippen molar-refractivity contribution in [2.45, 2.75) is 33.0 Å². The van der Waals surface area contributed by atoms with Crippen LogP contribution >= 0.6 is 15.9 Å². The zero-order valence-corrected chi connectivity index (χ0v) is 23.5. The number of nitrogens with one attached hydrogen (secondary N) is 3. The SMILES string of the molecule is CCOc1cc([C@@H]2NC(=O)NC(C)=C2C(=O)OC)ccc1OC[C@H](O)N/N=C\c1cc(Br)c(O)c(OCC)c1. The fraction of sp³-hybridized carbons (Fsp3) is 0.346. The topological polar surface area (TPSA) is 160 Å². The lowest BCUT2D eigenvalue weighted by Crippen LogP contribution is -2.45. The molecule has 12 nitrogen and oxygen atoms in total. The molecule has 39 heavy (non-hydrogen) atoms. The number of allylic oxidation sites excluding steroid dienone is 1. The second-order valence-electron chi connectivity index (χ2n) is 8.20. The summed E-state index contributed by atoms with van der Waals surface area (Å²) in [5, 5.41) is 29.7. The van der Waals surface area contributed by atoms with Gasteiger partial charge in [-0.15, -0.1) is 0 Å². The Morgan fingerprint density at radius 1 is 1.15 bits per heavy atom. The molecule has 0 spiro atoms. The smallest absolute Gasteiger partial charge is 0.337 e. The lowest BCUT2D eigenvalue weighted by Gasteiger charge is -2.28. The van der Waals surface area contributed by atoms with Gasteiger partial charge in [0, 0.05) is 5.70 Å². The number of hydrogen-bond donors (Lipinski definition) is 5. The first-order chi connectivity index (χ1) is 18.7. The zero-order valence-electron chi connectivity index (χ0n) is 21.9. The summed E-state index contributed by atoms with van der Waals surface area (Å²) in [6.07, 6.45) is 0.292. The van der Waals surface area contributed by atoms with Gasteiger partial charge in [-0.2, -0.15) is 5.10 Å². The van der Waals surface area contributed by atoms with E-state index in [9.17, 15) is 19.8 Å². The van der Waals surface area contributed by atoms with Crippen molar-refractivity contribution >= 4 is 34.1 Å². The van der Waals surface area contributed by atoms with Crippen LogP contribution < -0.4 is 30.3 Å². The van der Waals surface area contributed by atoms with E-state index < -0.39 is 24.3 Å². The average molecular weight is 607 g/mol. The highest BCUT2D eigenvalue weighted by molar-refractivity contribution is 9.10. The summed E-state index contributed by atoms with van der Waals surface area (Å²) in [4.78, 5) is 24.5. The van der Waals surface area contributed by atoms with Crippen molar-refractivity contribution in [2.24, 2.45) is 5.10 Å². The number of phenolic OH excluding ortho intramolecular Hbond substituents is 1. The quantitative estimate of drug-likeness (QED) is 0.106. The highest BCUT2D eigenvalue weighted by Crippen LogP contribution is 2.36. The summed E-state index contributed by atoms with van der Waals surface area (Å²) in [6.45, 7) is 5.77. The molecule has 0 saturated carbocycles. The summed E-state index contributed by atoms with van der Waals surface area (Å²) in [6, 6.07) is 7.01. The standard InChI is InChI=1S/C26H31BrN4O8/c1-5-37-19-11-16(23-22(25(34)36-4)14(3)29-26(35)30-23)7-8-18(19)39-13-21(32)31-28-12-15-9-17(27)24(33)20(10-15)38-6-2/h7-12,21,23,31-33H,5-6,13H2,1-4H3,(H2,29,30,35)/b28-12-/t21-,23-/m0/s1. The highest BCUT2D eigenvalue weighted by atomic mass is 79.9. The Bertz CT molecular complexity index is 1270. The van der Waals surface area contributed by atoms with Gasteiger partial charge >= 0.3 is 12.0 Å². The lowest BCUT2D eigenvalue weighted by atomic mass is 9.95. The van der Waals surface area contributed by atoms with Gasteiger partial charge < -0.3 is 39.8 Å². The number of esters is 1. The summed E-state index contributed by atoms with van der Waals surface area (Å²) < 4.78 is 22.2. The van der Waals surface area contributed by atoms with Crippen LogP contribution in [0.2, 0.25) is 0 Å². The number of aliphatic hydroxyl groups excluding tert-OH is 1. The lowest BCUT2D eigenvalue weighted by molar-refractivity contribution is -0.136. The Labute approximate surface area is 234 Å². The first-order valence-corrected chi connectivity index (χ1v) is 12.9. The molecule has 0 radical (unpaired) electrons. The van der Waals surface area contributed by atoms with E-state index >= 15 is 0 Å². The number of benzene rings is 2. The largest absolute Gasteiger partial charge is 0.503 e. The third-order valence-electron chi connectivity index (χ3n) is 5.46. The van der Waals surface area contributed by atoms with Crippen molar-refractivity contribution in [3.05, 3.63) is 57.2 Å². The molecule has 0 fully saturated rings. The van der Waals surface area contributed by atoms with Crippen LogP contribution in [0.3, 0.4) is 0 Å². The third-order valence-corrected chi connectivity index (χ3v) is 6.06. The van der Waals surface area contributed by atoms with E-state index in [0.29, 0.717) is 51.8 Å². The van der Waals surface area contributed by atoms with E-state index in [-0.39, 0.29) is 17.9 Å². The third kappa shape index (κ3) is 7.54. The van der Waals surface area contributed by atoms with Gasteiger partial charge in [0.15, 0.2) is 29.2 Å². The molecule has 2 atom stereocenters. The maximum atomic E-state index is 12.4. The predicted molar refractivity (Wildman–Crippen MR) is 146 cm³/mol. The number of carbonyl (C=O) groups is 2. The van der Waals surface area contributed by atoms with Crippen molar-refractivity contribution in [1.29, 1.82) is 0 Å². The first-order valence-electron chi connectivity index (χ1n) is 12.1. The summed E-state index contributed by atoms with van der Waals surface area (Å²) in [5.41, 5.74) is 4.42. The molecule has 0 aliphatic carbocycles. The number of carbonyl (C=O) groups excluding carboxylic acids is 2.